The van der Waals surface area contributed by atoms with E-state index in [1.54, 1.807) is 0 Å². The standard InChI is InChI=1S/C12H22O12.C4H6O4/c13-1-3(15)10(7(18)8(19)11(21)22)24-12-9(20)6(17)5(16)4(2-14)23-12;5-3(6)1-2-4(7)8/h3-10,12-20H,1-2H2,(H,21,22);1-2H2,(H,5,6)(H,7,8)/t3-,4-,5+,6+,7-,8-,9-,10-,12+;/m1./s1. The summed E-state index contributed by atoms with van der Waals surface area (Å²) in [6.45, 7) is -1.76. The Morgan fingerprint density at radius 1 is 0.844 bits per heavy atom. The molecule has 1 aliphatic rings. The molecule has 0 aromatic heterocycles. The van der Waals surface area contributed by atoms with Gasteiger partial charge in [0.2, 0.25) is 0 Å². The van der Waals surface area contributed by atoms with Gasteiger partial charge in [-0.3, -0.25) is 9.59 Å². The Labute approximate surface area is 180 Å². The van der Waals surface area contributed by atoms with Crippen LogP contribution in [-0.4, -0.2) is 142 Å². The zero-order chi connectivity index (χ0) is 25.2. The Balaban J connectivity index is 0.00000102. The van der Waals surface area contributed by atoms with E-state index in [2.05, 4.69) is 0 Å². The SMILES string of the molecule is O=C(O)CCC(=O)O.O=C(O)[C@H](O)[C@@H](O)[C@H](O[C@@H]1O[C@H](CO)[C@H](O)[C@H](O)[C@H]1O)[C@H](O)CO. The molecular weight excluding hydrogens is 448 g/mol. The number of hydrogen-bond acceptors (Lipinski definition) is 13. The normalized spacial score (nSPS) is 29.1. The lowest BCUT2D eigenvalue weighted by Gasteiger charge is -2.42. The number of aliphatic hydroxyl groups is 8. The second-order valence-corrected chi connectivity index (χ2v) is 6.61. The third-order valence-corrected chi connectivity index (χ3v) is 4.17. The number of carboxylic acids is 3. The maximum absolute atomic E-state index is 10.7. The Bertz CT molecular complexity index is 583. The molecule has 1 rings (SSSR count). The van der Waals surface area contributed by atoms with Crippen LogP contribution in [-0.2, 0) is 23.9 Å². The highest BCUT2D eigenvalue weighted by molar-refractivity contribution is 5.75. The van der Waals surface area contributed by atoms with Crippen LogP contribution in [0.1, 0.15) is 12.8 Å². The fraction of sp³-hybridized carbons (Fsp3) is 0.812. The zero-order valence-corrected chi connectivity index (χ0v) is 16.5. The molecule has 188 valence electrons. The molecular formula is C16H28O16. The van der Waals surface area contributed by atoms with Gasteiger partial charge in [0.1, 0.15) is 42.7 Å². The summed E-state index contributed by atoms with van der Waals surface area (Å²) in [5.74, 6) is -3.99. The van der Waals surface area contributed by atoms with Gasteiger partial charge in [0.25, 0.3) is 0 Å². The summed E-state index contributed by atoms with van der Waals surface area (Å²) in [6, 6.07) is 0. The molecule has 1 saturated heterocycles. The Kier molecular flexibility index (Phi) is 13.3. The number of rotatable bonds is 11. The van der Waals surface area contributed by atoms with Crippen LogP contribution in [0.15, 0.2) is 0 Å². The molecule has 0 amide bonds. The minimum absolute atomic E-state index is 0.296. The van der Waals surface area contributed by atoms with Crippen molar-refractivity contribution in [3.8, 4) is 0 Å². The highest BCUT2D eigenvalue weighted by Crippen LogP contribution is 2.25. The first-order chi connectivity index (χ1) is 14.8. The minimum Gasteiger partial charge on any atom is -0.481 e. The van der Waals surface area contributed by atoms with E-state index in [0.29, 0.717) is 0 Å². The van der Waals surface area contributed by atoms with Crippen molar-refractivity contribution < 1.29 is 80.0 Å². The van der Waals surface area contributed by atoms with Gasteiger partial charge in [0.05, 0.1) is 26.1 Å². The van der Waals surface area contributed by atoms with Crippen molar-refractivity contribution in [1.29, 1.82) is 0 Å². The van der Waals surface area contributed by atoms with Crippen LogP contribution in [0.5, 0.6) is 0 Å². The van der Waals surface area contributed by atoms with Gasteiger partial charge < -0.3 is 65.6 Å². The number of ether oxygens (including phenoxy) is 2. The van der Waals surface area contributed by atoms with Crippen LogP contribution in [0, 0.1) is 0 Å². The zero-order valence-electron chi connectivity index (χ0n) is 16.5. The van der Waals surface area contributed by atoms with Gasteiger partial charge in [-0.25, -0.2) is 4.79 Å². The molecule has 16 nitrogen and oxygen atoms in total. The van der Waals surface area contributed by atoms with Crippen LogP contribution < -0.4 is 0 Å². The largest absolute Gasteiger partial charge is 0.481 e. The lowest BCUT2D eigenvalue weighted by Crippen LogP contribution is -2.61. The molecule has 0 unspecified atom stereocenters. The lowest BCUT2D eigenvalue weighted by molar-refractivity contribution is -0.326. The quantitative estimate of drug-likeness (QED) is 0.132. The molecule has 0 aromatic rings. The summed E-state index contributed by atoms with van der Waals surface area (Å²) < 4.78 is 9.98. The first-order valence-electron chi connectivity index (χ1n) is 9.05. The van der Waals surface area contributed by atoms with Crippen molar-refractivity contribution >= 4 is 17.9 Å². The third-order valence-electron chi connectivity index (χ3n) is 4.17. The molecule has 0 spiro atoms. The van der Waals surface area contributed by atoms with Crippen LogP contribution in [0.25, 0.3) is 0 Å². The molecule has 0 aliphatic carbocycles. The molecule has 32 heavy (non-hydrogen) atoms. The van der Waals surface area contributed by atoms with Crippen molar-refractivity contribution in [2.45, 2.75) is 68.0 Å². The van der Waals surface area contributed by atoms with E-state index in [1.807, 2.05) is 0 Å². The number of hydrogen-bond donors (Lipinski definition) is 11. The third kappa shape index (κ3) is 9.25. The molecule has 1 aliphatic heterocycles. The second kappa shape index (κ2) is 14.2. The molecule has 1 fully saturated rings. The average Bonchev–Trinajstić information content (AvgIpc) is 2.74. The van der Waals surface area contributed by atoms with E-state index >= 15 is 0 Å². The van der Waals surface area contributed by atoms with Crippen molar-refractivity contribution in [1.82, 2.24) is 0 Å². The molecule has 0 bridgehead atoms. The predicted molar refractivity (Wildman–Crippen MR) is 95.9 cm³/mol. The predicted octanol–water partition coefficient (Wildman–Crippen LogP) is -5.73. The molecule has 16 heteroatoms. The van der Waals surface area contributed by atoms with Crippen LogP contribution in [0.2, 0.25) is 0 Å². The fourth-order valence-electron chi connectivity index (χ4n) is 2.38. The van der Waals surface area contributed by atoms with E-state index in [4.69, 9.17) is 35.0 Å². The van der Waals surface area contributed by atoms with E-state index in [1.165, 1.54) is 0 Å². The number of carboxylic acid groups (broad SMARTS) is 3. The smallest absolute Gasteiger partial charge is 0.335 e. The van der Waals surface area contributed by atoms with Gasteiger partial charge >= 0.3 is 17.9 Å². The number of aliphatic carboxylic acids is 3. The molecule has 0 radical (unpaired) electrons. The molecule has 1 heterocycles. The maximum Gasteiger partial charge on any atom is 0.335 e. The van der Waals surface area contributed by atoms with Gasteiger partial charge in [-0.2, -0.15) is 0 Å². The van der Waals surface area contributed by atoms with E-state index < -0.39 is 86.2 Å². The van der Waals surface area contributed by atoms with Gasteiger partial charge in [0, 0.05) is 0 Å². The fourth-order valence-corrected chi connectivity index (χ4v) is 2.38. The average molecular weight is 476 g/mol. The second-order valence-electron chi connectivity index (χ2n) is 6.61. The summed E-state index contributed by atoms with van der Waals surface area (Å²) in [6.07, 6.45) is -17.5. The summed E-state index contributed by atoms with van der Waals surface area (Å²) >= 11 is 0. The van der Waals surface area contributed by atoms with Crippen LogP contribution >= 0.6 is 0 Å². The summed E-state index contributed by atoms with van der Waals surface area (Å²) in [7, 11) is 0. The molecule has 0 aromatic carbocycles. The topological polar surface area (TPSA) is 292 Å². The highest BCUT2D eigenvalue weighted by Gasteiger charge is 2.47. The summed E-state index contributed by atoms with van der Waals surface area (Å²) in [4.78, 5) is 30.0. The Hall–Kier alpha value is -1.99. The minimum atomic E-state index is -2.39. The van der Waals surface area contributed by atoms with E-state index in [-0.39, 0.29) is 12.8 Å². The van der Waals surface area contributed by atoms with Gasteiger partial charge in [0.15, 0.2) is 12.4 Å². The van der Waals surface area contributed by atoms with E-state index in [9.17, 15) is 45.0 Å². The number of aliphatic hydroxyl groups excluding tert-OH is 8. The molecule has 11 N–H and O–H groups in total. The first-order valence-corrected chi connectivity index (χ1v) is 9.05. The van der Waals surface area contributed by atoms with Gasteiger partial charge in [-0.15, -0.1) is 0 Å². The summed E-state index contributed by atoms with van der Waals surface area (Å²) in [5, 5.41) is 100. The number of carbonyl (C=O) groups is 3. The Morgan fingerprint density at radius 3 is 1.72 bits per heavy atom. The van der Waals surface area contributed by atoms with Crippen molar-refractivity contribution in [3.63, 3.8) is 0 Å². The molecule has 9 atom stereocenters. The van der Waals surface area contributed by atoms with Crippen molar-refractivity contribution in [2.75, 3.05) is 13.2 Å². The monoisotopic (exact) mass is 476 g/mol. The van der Waals surface area contributed by atoms with Crippen LogP contribution in [0.4, 0.5) is 0 Å². The van der Waals surface area contributed by atoms with Crippen molar-refractivity contribution in [3.05, 3.63) is 0 Å². The molecule has 0 saturated carbocycles. The maximum atomic E-state index is 10.7. The van der Waals surface area contributed by atoms with Gasteiger partial charge in [-0.05, 0) is 0 Å². The Morgan fingerprint density at radius 2 is 1.34 bits per heavy atom. The summed E-state index contributed by atoms with van der Waals surface area (Å²) in [5.41, 5.74) is 0. The van der Waals surface area contributed by atoms with E-state index in [0.717, 1.165) is 0 Å². The highest BCUT2D eigenvalue weighted by atomic mass is 16.7. The van der Waals surface area contributed by atoms with Crippen LogP contribution in [0.3, 0.4) is 0 Å². The first kappa shape index (κ1) is 30.0. The van der Waals surface area contributed by atoms with Gasteiger partial charge in [-0.1, -0.05) is 0 Å². The lowest BCUT2D eigenvalue weighted by atomic mass is 9.98. The van der Waals surface area contributed by atoms with Crippen molar-refractivity contribution in [2.24, 2.45) is 0 Å².